The maximum absolute atomic E-state index is 8.48. The minimum atomic E-state index is 0.0697. The second kappa shape index (κ2) is 5.19. The Morgan fingerprint density at radius 1 is 1.67 bits per heavy atom. The molecular formula is C10H15N3O2. The van der Waals surface area contributed by atoms with E-state index in [0.29, 0.717) is 12.2 Å². The highest BCUT2D eigenvalue weighted by Crippen LogP contribution is 2.18. The predicted molar refractivity (Wildman–Crippen MR) is 57.1 cm³/mol. The van der Waals surface area contributed by atoms with E-state index in [0.717, 1.165) is 5.56 Å². The number of nitrogens with zero attached hydrogens (tertiary/aromatic N) is 2. The van der Waals surface area contributed by atoms with Crippen molar-refractivity contribution in [2.75, 3.05) is 0 Å². The molecule has 1 heterocycles. The first kappa shape index (κ1) is 11.3. The molecular weight excluding hydrogens is 194 g/mol. The van der Waals surface area contributed by atoms with Gasteiger partial charge in [-0.15, -0.1) is 0 Å². The van der Waals surface area contributed by atoms with Crippen molar-refractivity contribution in [3.05, 3.63) is 24.0 Å². The molecule has 5 nitrogen and oxygen atoms in total. The largest absolute Gasteiger partial charge is 0.489 e. The Hall–Kier alpha value is -1.78. The summed E-state index contributed by atoms with van der Waals surface area (Å²) in [7, 11) is 0. The van der Waals surface area contributed by atoms with Crippen LogP contribution in [0.3, 0.4) is 0 Å². The van der Waals surface area contributed by atoms with Crippen LogP contribution in [0.5, 0.6) is 5.75 Å². The molecule has 0 saturated carbocycles. The summed E-state index contributed by atoms with van der Waals surface area (Å²) < 4.78 is 5.54. The van der Waals surface area contributed by atoms with Gasteiger partial charge < -0.3 is 15.7 Å². The molecule has 0 aliphatic rings. The van der Waals surface area contributed by atoms with Crippen LogP contribution in [0.4, 0.5) is 0 Å². The van der Waals surface area contributed by atoms with Crippen molar-refractivity contribution >= 4 is 5.84 Å². The summed E-state index contributed by atoms with van der Waals surface area (Å²) >= 11 is 0. The normalized spacial score (nSPS) is 11.8. The van der Waals surface area contributed by atoms with E-state index in [1.54, 1.807) is 18.5 Å². The summed E-state index contributed by atoms with van der Waals surface area (Å²) in [5.41, 5.74) is 6.28. The van der Waals surface area contributed by atoms with Gasteiger partial charge in [0.1, 0.15) is 11.6 Å². The molecule has 1 aromatic heterocycles. The van der Waals surface area contributed by atoms with Crippen molar-refractivity contribution in [3.63, 3.8) is 0 Å². The lowest BCUT2D eigenvalue weighted by atomic mass is 10.1. The Kier molecular flexibility index (Phi) is 3.91. The van der Waals surface area contributed by atoms with Crippen molar-refractivity contribution in [1.29, 1.82) is 0 Å². The van der Waals surface area contributed by atoms with Gasteiger partial charge in [-0.25, -0.2) is 0 Å². The van der Waals surface area contributed by atoms with Gasteiger partial charge in [0.2, 0.25) is 0 Å². The maximum atomic E-state index is 8.48. The Bertz CT molecular complexity index is 350. The average Bonchev–Trinajstić information content (AvgIpc) is 2.20. The van der Waals surface area contributed by atoms with E-state index in [9.17, 15) is 0 Å². The van der Waals surface area contributed by atoms with Crippen molar-refractivity contribution in [1.82, 2.24) is 4.98 Å². The SMILES string of the molecule is CC(C)Oc1cnccc1C/C(N)=N/O. The molecule has 0 fully saturated rings. The first-order valence-corrected chi connectivity index (χ1v) is 4.69. The first-order chi connectivity index (χ1) is 7.13. The Labute approximate surface area is 88.6 Å². The van der Waals surface area contributed by atoms with Gasteiger partial charge in [-0.2, -0.15) is 0 Å². The van der Waals surface area contributed by atoms with Crippen LogP contribution in [0.1, 0.15) is 19.4 Å². The third-order valence-electron chi connectivity index (χ3n) is 1.73. The van der Waals surface area contributed by atoms with Gasteiger partial charge in [0.15, 0.2) is 0 Å². The molecule has 0 aromatic carbocycles. The molecule has 0 bridgehead atoms. The van der Waals surface area contributed by atoms with E-state index in [1.165, 1.54) is 0 Å². The molecule has 3 N–H and O–H groups in total. The second-order valence-electron chi connectivity index (χ2n) is 3.42. The van der Waals surface area contributed by atoms with Crippen LogP contribution in [0.25, 0.3) is 0 Å². The van der Waals surface area contributed by atoms with Crippen molar-refractivity contribution in [2.45, 2.75) is 26.4 Å². The summed E-state index contributed by atoms with van der Waals surface area (Å²) in [6, 6.07) is 1.79. The van der Waals surface area contributed by atoms with E-state index in [4.69, 9.17) is 15.7 Å². The minimum Gasteiger partial charge on any atom is -0.489 e. The monoisotopic (exact) mass is 209 g/mol. The third-order valence-corrected chi connectivity index (χ3v) is 1.73. The number of aromatic nitrogens is 1. The van der Waals surface area contributed by atoms with Gasteiger partial charge >= 0.3 is 0 Å². The highest BCUT2D eigenvalue weighted by Gasteiger charge is 2.07. The lowest BCUT2D eigenvalue weighted by Gasteiger charge is -2.12. The molecule has 0 radical (unpaired) electrons. The van der Waals surface area contributed by atoms with Crippen LogP contribution in [-0.2, 0) is 6.42 Å². The summed E-state index contributed by atoms with van der Waals surface area (Å²) in [6.07, 6.45) is 3.69. The molecule has 0 spiro atoms. The zero-order valence-corrected chi connectivity index (χ0v) is 8.84. The first-order valence-electron chi connectivity index (χ1n) is 4.69. The van der Waals surface area contributed by atoms with Crippen LogP contribution >= 0.6 is 0 Å². The Balaban J connectivity index is 2.86. The molecule has 1 rings (SSSR count). The van der Waals surface area contributed by atoms with E-state index >= 15 is 0 Å². The molecule has 0 amide bonds. The average molecular weight is 209 g/mol. The van der Waals surface area contributed by atoms with Gasteiger partial charge in [0.25, 0.3) is 0 Å². The quantitative estimate of drug-likeness (QED) is 0.337. The number of ether oxygens (including phenoxy) is 1. The van der Waals surface area contributed by atoms with E-state index in [-0.39, 0.29) is 11.9 Å². The lowest BCUT2D eigenvalue weighted by molar-refractivity contribution is 0.239. The topological polar surface area (TPSA) is 80.7 Å². The van der Waals surface area contributed by atoms with Crippen LogP contribution in [0, 0.1) is 0 Å². The van der Waals surface area contributed by atoms with Crippen LogP contribution in [0.15, 0.2) is 23.6 Å². The number of rotatable bonds is 4. The van der Waals surface area contributed by atoms with Crippen LogP contribution in [-0.4, -0.2) is 22.1 Å². The number of hydrogen-bond donors (Lipinski definition) is 2. The Morgan fingerprint density at radius 2 is 2.40 bits per heavy atom. The Morgan fingerprint density at radius 3 is 3.00 bits per heavy atom. The molecule has 82 valence electrons. The fourth-order valence-electron chi connectivity index (χ4n) is 1.15. The van der Waals surface area contributed by atoms with E-state index in [2.05, 4.69) is 10.1 Å². The number of amidine groups is 1. The molecule has 0 aliphatic carbocycles. The third kappa shape index (κ3) is 3.46. The molecule has 0 unspecified atom stereocenters. The fourth-order valence-corrected chi connectivity index (χ4v) is 1.15. The standard InChI is InChI=1S/C10H15N3O2/c1-7(2)15-9-6-12-4-3-8(9)5-10(11)13-14/h3-4,6-7,14H,5H2,1-2H3,(H2,11,13). The molecule has 15 heavy (non-hydrogen) atoms. The number of nitrogens with two attached hydrogens (primary N) is 1. The van der Waals surface area contributed by atoms with Crippen molar-refractivity contribution < 1.29 is 9.94 Å². The smallest absolute Gasteiger partial charge is 0.143 e. The molecule has 0 atom stereocenters. The number of hydrogen-bond acceptors (Lipinski definition) is 4. The van der Waals surface area contributed by atoms with Gasteiger partial charge in [-0.3, -0.25) is 4.98 Å². The highest BCUT2D eigenvalue weighted by atomic mass is 16.5. The zero-order chi connectivity index (χ0) is 11.3. The van der Waals surface area contributed by atoms with Crippen LogP contribution in [0.2, 0.25) is 0 Å². The summed E-state index contributed by atoms with van der Waals surface area (Å²) in [6.45, 7) is 3.86. The second-order valence-corrected chi connectivity index (χ2v) is 3.42. The van der Waals surface area contributed by atoms with E-state index in [1.807, 2.05) is 13.8 Å². The number of oxime groups is 1. The lowest BCUT2D eigenvalue weighted by Crippen LogP contribution is -2.16. The van der Waals surface area contributed by atoms with Gasteiger partial charge in [-0.1, -0.05) is 5.16 Å². The molecule has 0 saturated heterocycles. The minimum absolute atomic E-state index is 0.0697. The van der Waals surface area contributed by atoms with Crippen LogP contribution < -0.4 is 10.5 Å². The van der Waals surface area contributed by atoms with Crippen molar-refractivity contribution in [2.24, 2.45) is 10.9 Å². The number of pyridine rings is 1. The van der Waals surface area contributed by atoms with Crippen molar-refractivity contribution in [3.8, 4) is 5.75 Å². The molecule has 5 heteroatoms. The zero-order valence-electron chi connectivity index (χ0n) is 8.84. The molecule has 0 aliphatic heterocycles. The van der Waals surface area contributed by atoms with Gasteiger partial charge in [-0.05, 0) is 19.9 Å². The van der Waals surface area contributed by atoms with Gasteiger partial charge in [0.05, 0.1) is 12.3 Å². The highest BCUT2D eigenvalue weighted by molar-refractivity contribution is 5.82. The predicted octanol–water partition coefficient (Wildman–Crippen LogP) is 1.16. The summed E-state index contributed by atoms with van der Waals surface area (Å²) in [5.74, 6) is 0.814. The maximum Gasteiger partial charge on any atom is 0.143 e. The van der Waals surface area contributed by atoms with E-state index < -0.39 is 0 Å². The van der Waals surface area contributed by atoms with Gasteiger partial charge in [0, 0.05) is 18.2 Å². The molecule has 1 aromatic rings. The summed E-state index contributed by atoms with van der Waals surface area (Å²) in [4.78, 5) is 3.96. The fraction of sp³-hybridized carbons (Fsp3) is 0.400. The summed E-state index contributed by atoms with van der Waals surface area (Å²) in [5, 5.41) is 11.4.